The largest absolute Gasteiger partial charge is 0.348 e. The number of alkyl halides is 4. The molecule has 118 valence electrons. The van der Waals surface area contributed by atoms with Crippen molar-refractivity contribution in [2.24, 2.45) is 0 Å². The first-order valence-electron chi connectivity index (χ1n) is 6.45. The van der Waals surface area contributed by atoms with Crippen LogP contribution in [0, 0.1) is 0 Å². The Morgan fingerprint density at radius 2 is 1.81 bits per heavy atom. The number of piperidine rings is 1. The number of hydrogen-bond acceptors (Lipinski definition) is 5. The molecular weight excluding hydrogens is 314 g/mol. The summed E-state index contributed by atoms with van der Waals surface area (Å²) in [6.45, 7) is 0.185. The van der Waals surface area contributed by atoms with E-state index in [0.29, 0.717) is 0 Å². The summed E-state index contributed by atoms with van der Waals surface area (Å²) in [7, 11) is 0. The molecule has 2 heterocycles. The number of halogens is 5. The summed E-state index contributed by atoms with van der Waals surface area (Å²) in [5.74, 6) is -4.14. The first-order chi connectivity index (χ1) is 9.88. The molecule has 1 N–H and O–H groups in total. The maximum Gasteiger partial charge on any atom is 0.324 e. The number of rotatable bonds is 5. The van der Waals surface area contributed by atoms with Crippen LogP contribution in [0.5, 0.6) is 0 Å². The van der Waals surface area contributed by atoms with E-state index < -0.39 is 18.9 Å². The summed E-state index contributed by atoms with van der Waals surface area (Å²) in [5, 5.41) is 1.91. The molecule has 0 spiro atoms. The van der Waals surface area contributed by atoms with Crippen LogP contribution in [0.3, 0.4) is 0 Å². The van der Waals surface area contributed by atoms with Crippen molar-refractivity contribution >= 4 is 23.5 Å². The second-order valence-corrected chi connectivity index (χ2v) is 5.03. The Hall–Kier alpha value is -1.38. The number of nitrogens with zero attached hydrogens (tertiary/aromatic N) is 4. The fraction of sp³-hybridized carbons (Fsp3) is 0.727. The molecule has 0 radical (unpaired) electrons. The Morgan fingerprint density at radius 3 is 2.43 bits per heavy atom. The molecular formula is C11H14ClF4N5. The highest BCUT2D eigenvalue weighted by atomic mass is 35.5. The van der Waals surface area contributed by atoms with Gasteiger partial charge in [0.2, 0.25) is 17.2 Å². The highest BCUT2D eigenvalue weighted by molar-refractivity contribution is 6.28. The molecule has 21 heavy (non-hydrogen) atoms. The second kappa shape index (κ2) is 6.59. The fourth-order valence-corrected chi connectivity index (χ4v) is 2.08. The van der Waals surface area contributed by atoms with Gasteiger partial charge in [-0.3, -0.25) is 0 Å². The lowest BCUT2D eigenvalue weighted by atomic mass is 10.1. The van der Waals surface area contributed by atoms with Crippen molar-refractivity contribution in [2.75, 3.05) is 29.9 Å². The average Bonchev–Trinajstić information content (AvgIpc) is 2.45. The standard InChI is InChI=1S/C11H14ClF4N5/c12-8-18-9(17-6-11(15,16)7(13)14)20-10(19-8)21-4-2-1-3-5-21/h7H,1-6H2,(H,17,18,19,20). The molecule has 1 fully saturated rings. The lowest BCUT2D eigenvalue weighted by molar-refractivity contribution is -0.117. The van der Waals surface area contributed by atoms with Crippen molar-refractivity contribution in [1.82, 2.24) is 15.0 Å². The van der Waals surface area contributed by atoms with Crippen molar-refractivity contribution in [1.29, 1.82) is 0 Å². The molecule has 0 aliphatic carbocycles. The maximum atomic E-state index is 12.9. The molecule has 0 atom stereocenters. The average molecular weight is 328 g/mol. The molecule has 10 heteroatoms. The Labute approximate surface area is 123 Å². The van der Waals surface area contributed by atoms with Crippen molar-refractivity contribution < 1.29 is 17.6 Å². The predicted molar refractivity (Wildman–Crippen MR) is 70.3 cm³/mol. The van der Waals surface area contributed by atoms with Crippen LogP contribution in [0.2, 0.25) is 5.28 Å². The normalized spacial score (nSPS) is 16.4. The molecule has 1 aliphatic rings. The van der Waals surface area contributed by atoms with E-state index in [2.05, 4.69) is 20.3 Å². The zero-order chi connectivity index (χ0) is 15.5. The van der Waals surface area contributed by atoms with Gasteiger partial charge in [-0.2, -0.15) is 23.7 Å². The predicted octanol–water partition coefficient (Wildman–Crippen LogP) is 2.83. The zero-order valence-electron chi connectivity index (χ0n) is 11.0. The number of anilines is 2. The number of nitrogens with one attached hydrogen (secondary N) is 1. The first-order valence-corrected chi connectivity index (χ1v) is 6.82. The molecule has 0 aromatic carbocycles. The summed E-state index contributed by atoms with van der Waals surface area (Å²) in [6.07, 6.45) is -0.727. The lowest BCUT2D eigenvalue weighted by Gasteiger charge is -2.26. The van der Waals surface area contributed by atoms with Crippen molar-refractivity contribution in [3.8, 4) is 0 Å². The first kappa shape index (κ1) is 16.0. The molecule has 1 aromatic rings. The monoisotopic (exact) mass is 327 g/mol. The van der Waals surface area contributed by atoms with Gasteiger partial charge in [0.25, 0.3) is 0 Å². The maximum absolute atomic E-state index is 12.9. The molecule has 0 amide bonds. The SMILES string of the molecule is FC(F)C(F)(F)CNc1nc(Cl)nc(N2CCCCC2)n1. The van der Waals surface area contributed by atoms with Gasteiger partial charge in [0.15, 0.2) is 0 Å². The third kappa shape index (κ3) is 4.29. The molecule has 0 unspecified atom stereocenters. The number of aromatic nitrogens is 3. The van der Waals surface area contributed by atoms with Gasteiger partial charge < -0.3 is 10.2 Å². The summed E-state index contributed by atoms with van der Waals surface area (Å²) in [4.78, 5) is 13.4. The van der Waals surface area contributed by atoms with E-state index in [0.717, 1.165) is 32.4 Å². The van der Waals surface area contributed by atoms with Crippen LogP contribution in [-0.2, 0) is 0 Å². The van der Waals surface area contributed by atoms with E-state index >= 15 is 0 Å². The molecule has 1 saturated heterocycles. The highest BCUT2D eigenvalue weighted by Crippen LogP contribution is 2.23. The minimum absolute atomic E-state index is 0.173. The fourth-order valence-electron chi connectivity index (χ4n) is 1.93. The summed E-state index contributed by atoms with van der Waals surface area (Å²) in [5.41, 5.74) is 0. The van der Waals surface area contributed by atoms with E-state index in [9.17, 15) is 17.6 Å². The smallest absolute Gasteiger partial charge is 0.324 e. The Balaban J connectivity index is 2.08. The van der Waals surface area contributed by atoms with E-state index in [1.54, 1.807) is 0 Å². The van der Waals surface area contributed by atoms with Crippen LogP contribution in [0.4, 0.5) is 29.5 Å². The Morgan fingerprint density at radius 1 is 1.14 bits per heavy atom. The third-order valence-corrected chi connectivity index (χ3v) is 3.21. The van der Waals surface area contributed by atoms with Gasteiger partial charge in [-0.05, 0) is 30.9 Å². The van der Waals surface area contributed by atoms with Gasteiger partial charge in [0.05, 0.1) is 6.54 Å². The van der Waals surface area contributed by atoms with Crippen LogP contribution in [0.25, 0.3) is 0 Å². The minimum atomic E-state index is -4.16. The number of hydrogen-bond donors (Lipinski definition) is 1. The van der Waals surface area contributed by atoms with Crippen LogP contribution >= 0.6 is 11.6 Å². The third-order valence-electron chi connectivity index (χ3n) is 3.04. The van der Waals surface area contributed by atoms with Gasteiger partial charge in [0.1, 0.15) is 0 Å². The van der Waals surface area contributed by atoms with E-state index in [4.69, 9.17) is 11.6 Å². The van der Waals surface area contributed by atoms with Crippen LogP contribution in [0.15, 0.2) is 0 Å². The Kier molecular flexibility index (Phi) is 5.02. The van der Waals surface area contributed by atoms with Crippen molar-refractivity contribution in [2.45, 2.75) is 31.6 Å². The molecule has 2 rings (SSSR count). The van der Waals surface area contributed by atoms with Gasteiger partial charge >= 0.3 is 12.3 Å². The van der Waals surface area contributed by atoms with Crippen molar-refractivity contribution in [3.63, 3.8) is 0 Å². The summed E-state index contributed by atoms with van der Waals surface area (Å²) < 4.78 is 49.9. The van der Waals surface area contributed by atoms with Gasteiger partial charge in [-0.25, -0.2) is 8.78 Å². The van der Waals surface area contributed by atoms with Gasteiger partial charge in [-0.15, -0.1) is 0 Å². The van der Waals surface area contributed by atoms with Gasteiger partial charge in [0, 0.05) is 13.1 Å². The lowest BCUT2D eigenvalue weighted by Crippen LogP contribution is -2.35. The van der Waals surface area contributed by atoms with E-state index in [1.807, 2.05) is 4.90 Å². The molecule has 5 nitrogen and oxygen atoms in total. The topological polar surface area (TPSA) is 53.9 Å². The molecule has 0 bridgehead atoms. The second-order valence-electron chi connectivity index (χ2n) is 4.69. The van der Waals surface area contributed by atoms with Gasteiger partial charge in [-0.1, -0.05) is 0 Å². The summed E-state index contributed by atoms with van der Waals surface area (Å²) >= 11 is 5.72. The molecule has 0 saturated carbocycles. The molecule has 1 aromatic heterocycles. The quantitative estimate of drug-likeness (QED) is 0.843. The molecule has 1 aliphatic heterocycles. The van der Waals surface area contributed by atoms with E-state index in [-0.39, 0.29) is 17.2 Å². The van der Waals surface area contributed by atoms with Crippen LogP contribution in [-0.4, -0.2) is 46.9 Å². The highest BCUT2D eigenvalue weighted by Gasteiger charge is 2.40. The zero-order valence-corrected chi connectivity index (χ0v) is 11.8. The van der Waals surface area contributed by atoms with Crippen LogP contribution < -0.4 is 10.2 Å². The summed E-state index contributed by atoms with van der Waals surface area (Å²) in [6, 6.07) is 0. The van der Waals surface area contributed by atoms with E-state index in [1.165, 1.54) is 0 Å². The Bertz CT molecular complexity index is 482. The van der Waals surface area contributed by atoms with Crippen molar-refractivity contribution in [3.05, 3.63) is 5.28 Å². The minimum Gasteiger partial charge on any atom is -0.348 e. The van der Waals surface area contributed by atoms with Crippen LogP contribution in [0.1, 0.15) is 19.3 Å².